The lowest BCUT2D eigenvalue weighted by molar-refractivity contribution is -0.123. The van der Waals surface area contributed by atoms with Gasteiger partial charge in [-0.2, -0.15) is 0 Å². The molecule has 4 rings (SSSR count). The molecule has 1 saturated heterocycles. The molecule has 10 heteroatoms. The summed E-state index contributed by atoms with van der Waals surface area (Å²) in [6.07, 6.45) is 1.55. The summed E-state index contributed by atoms with van der Waals surface area (Å²) < 4.78 is 16.8. The Labute approximate surface area is 225 Å². The topological polar surface area (TPSA) is 82.1 Å². The van der Waals surface area contributed by atoms with Crippen LogP contribution in [0.3, 0.4) is 0 Å². The Bertz CT molecular complexity index is 1380. The van der Waals surface area contributed by atoms with Gasteiger partial charge in [-0.15, -0.1) is 0 Å². The average molecular weight is 589 g/mol. The number of nitrogens with zero attached hydrogens (tertiary/aromatic N) is 1. The van der Waals surface area contributed by atoms with Gasteiger partial charge >= 0.3 is 5.97 Å². The molecule has 1 fully saturated rings. The van der Waals surface area contributed by atoms with E-state index in [2.05, 4.69) is 15.9 Å². The zero-order valence-corrected chi connectivity index (χ0v) is 22.3. The molecule has 1 heterocycles. The van der Waals surface area contributed by atoms with Crippen LogP contribution >= 0.6 is 39.3 Å². The van der Waals surface area contributed by atoms with E-state index in [0.717, 1.165) is 21.8 Å². The molecule has 184 valence electrons. The number of thioether (sulfide) groups is 1. The molecule has 0 unspecified atom stereocenters. The lowest BCUT2D eigenvalue weighted by Crippen LogP contribution is -2.27. The maximum atomic E-state index is 12.9. The molecule has 0 aromatic heterocycles. The summed E-state index contributed by atoms with van der Waals surface area (Å²) in [5.41, 5.74) is 1.62. The lowest BCUT2D eigenvalue weighted by atomic mass is 10.1. The molecule has 1 aliphatic heterocycles. The smallest absolute Gasteiger partial charge is 0.343 e. The molecule has 0 aliphatic carbocycles. The van der Waals surface area contributed by atoms with Gasteiger partial charge in [0.2, 0.25) is 0 Å². The van der Waals surface area contributed by atoms with Crippen LogP contribution in [0.1, 0.15) is 21.5 Å². The second-order valence-electron chi connectivity index (χ2n) is 7.51. The van der Waals surface area contributed by atoms with Crippen LogP contribution in [0.15, 0.2) is 70.0 Å². The maximum Gasteiger partial charge on any atom is 0.343 e. The largest absolute Gasteiger partial charge is 0.497 e. The van der Waals surface area contributed by atoms with Crippen LogP contribution < -0.4 is 14.2 Å². The molecule has 0 spiro atoms. The summed E-state index contributed by atoms with van der Waals surface area (Å²) in [6, 6.07) is 16.9. The number of hydrogen-bond donors (Lipinski definition) is 0. The molecular formula is C26H19BrClNO6S. The summed E-state index contributed by atoms with van der Waals surface area (Å²) >= 11 is 10.7. The van der Waals surface area contributed by atoms with E-state index in [1.807, 2.05) is 24.3 Å². The molecule has 2 amide bonds. The molecule has 36 heavy (non-hydrogen) atoms. The second-order valence-corrected chi connectivity index (χ2v) is 9.77. The monoisotopic (exact) mass is 587 g/mol. The second kappa shape index (κ2) is 11.2. The molecule has 1 aliphatic rings. The number of rotatable bonds is 7. The van der Waals surface area contributed by atoms with Crippen LogP contribution in [0.4, 0.5) is 4.79 Å². The fraction of sp³-hybridized carbons (Fsp3) is 0.115. The quantitative estimate of drug-likeness (QED) is 0.175. The molecule has 3 aromatic rings. The van der Waals surface area contributed by atoms with Crippen molar-refractivity contribution in [2.75, 3.05) is 14.2 Å². The average Bonchev–Trinajstić information content (AvgIpc) is 3.13. The van der Waals surface area contributed by atoms with Gasteiger partial charge in [0.25, 0.3) is 11.1 Å². The molecule has 7 nitrogen and oxygen atoms in total. The zero-order chi connectivity index (χ0) is 25.8. The minimum absolute atomic E-state index is 0.0409. The summed E-state index contributed by atoms with van der Waals surface area (Å²) in [5.74, 6) is -0.195. The van der Waals surface area contributed by atoms with E-state index < -0.39 is 11.9 Å². The van der Waals surface area contributed by atoms with Gasteiger partial charge in [0, 0.05) is 4.47 Å². The number of ether oxygens (including phenoxy) is 3. The molecule has 0 bridgehead atoms. The third kappa shape index (κ3) is 5.59. The number of benzene rings is 3. The third-order valence-corrected chi connectivity index (χ3v) is 7.19. The van der Waals surface area contributed by atoms with Gasteiger partial charge < -0.3 is 14.2 Å². The highest BCUT2D eigenvalue weighted by Gasteiger charge is 2.35. The van der Waals surface area contributed by atoms with Crippen LogP contribution in [-0.4, -0.2) is 36.2 Å². The van der Waals surface area contributed by atoms with Crippen molar-refractivity contribution >= 4 is 62.5 Å². The Balaban J connectivity index is 1.55. The van der Waals surface area contributed by atoms with Crippen molar-refractivity contribution in [3.8, 4) is 17.2 Å². The highest BCUT2D eigenvalue weighted by molar-refractivity contribution is 9.10. The normalized spacial score (nSPS) is 14.3. The third-order valence-electron chi connectivity index (χ3n) is 5.23. The summed E-state index contributed by atoms with van der Waals surface area (Å²) in [5, 5.41) is -0.264. The minimum atomic E-state index is -0.626. The van der Waals surface area contributed by atoms with Crippen molar-refractivity contribution in [1.82, 2.24) is 4.90 Å². The van der Waals surface area contributed by atoms with Gasteiger partial charge in [-0.25, -0.2) is 4.79 Å². The highest BCUT2D eigenvalue weighted by atomic mass is 79.9. The molecule has 0 N–H and O–H groups in total. The summed E-state index contributed by atoms with van der Waals surface area (Å²) in [4.78, 5) is 39.5. The van der Waals surface area contributed by atoms with Gasteiger partial charge in [-0.3, -0.25) is 14.5 Å². The van der Waals surface area contributed by atoms with Crippen molar-refractivity contribution in [3.05, 3.63) is 91.8 Å². The number of carbonyl (C=O) groups excluding carboxylic acids is 3. The van der Waals surface area contributed by atoms with Gasteiger partial charge in [-0.05, 0) is 71.4 Å². The molecule has 0 radical (unpaired) electrons. The number of amides is 2. The summed E-state index contributed by atoms with van der Waals surface area (Å²) in [6.45, 7) is 0.147. The first-order valence-electron chi connectivity index (χ1n) is 10.5. The molecule has 3 aromatic carbocycles. The maximum absolute atomic E-state index is 12.9. The predicted molar refractivity (Wildman–Crippen MR) is 142 cm³/mol. The van der Waals surface area contributed by atoms with Crippen LogP contribution in [0.2, 0.25) is 5.02 Å². The van der Waals surface area contributed by atoms with Crippen molar-refractivity contribution in [1.29, 1.82) is 0 Å². The summed E-state index contributed by atoms with van der Waals surface area (Å²) in [7, 11) is 2.94. The van der Waals surface area contributed by atoms with Gasteiger partial charge in [-0.1, -0.05) is 45.7 Å². The van der Waals surface area contributed by atoms with Crippen LogP contribution in [-0.2, 0) is 11.3 Å². The van der Waals surface area contributed by atoms with Crippen LogP contribution in [0.5, 0.6) is 17.2 Å². The Kier molecular flexibility index (Phi) is 8.03. The number of methoxy groups -OCH3 is 2. The van der Waals surface area contributed by atoms with E-state index in [1.54, 1.807) is 36.4 Å². The lowest BCUT2D eigenvalue weighted by Gasteiger charge is -2.14. The van der Waals surface area contributed by atoms with Crippen molar-refractivity contribution in [2.45, 2.75) is 6.54 Å². The number of hydrogen-bond acceptors (Lipinski definition) is 7. The number of halogens is 2. The SMILES string of the molecule is COc1ccc(C(=O)Oc2c(Cl)cc(/C=C3\SC(=O)N(Cc4ccccc4Br)C3=O)cc2OC)cc1. The Morgan fingerprint density at radius 2 is 1.78 bits per heavy atom. The van der Waals surface area contributed by atoms with Gasteiger partial charge in [0.15, 0.2) is 11.5 Å². The zero-order valence-electron chi connectivity index (χ0n) is 19.1. The van der Waals surface area contributed by atoms with E-state index in [-0.39, 0.29) is 33.2 Å². The first-order valence-corrected chi connectivity index (χ1v) is 12.5. The highest BCUT2D eigenvalue weighted by Crippen LogP contribution is 2.40. The number of carbonyl (C=O) groups is 3. The van der Waals surface area contributed by atoms with E-state index in [9.17, 15) is 14.4 Å². The fourth-order valence-electron chi connectivity index (χ4n) is 3.39. The minimum Gasteiger partial charge on any atom is -0.497 e. The van der Waals surface area contributed by atoms with E-state index in [0.29, 0.717) is 16.9 Å². The van der Waals surface area contributed by atoms with Crippen molar-refractivity contribution < 1.29 is 28.6 Å². The number of esters is 1. The predicted octanol–water partition coefficient (Wildman–Crippen LogP) is 6.58. The van der Waals surface area contributed by atoms with E-state index >= 15 is 0 Å². The van der Waals surface area contributed by atoms with Crippen LogP contribution in [0.25, 0.3) is 6.08 Å². The standard InChI is InChI=1S/C26H19BrClNO6S/c1-33-18-9-7-16(8-10-18)25(31)35-23-20(28)11-15(12-21(23)34-2)13-22-24(30)29(26(32)36-22)14-17-5-3-4-6-19(17)27/h3-13H,14H2,1-2H3/b22-13-. The van der Waals surface area contributed by atoms with Crippen LogP contribution in [0, 0.1) is 0 Å². The Hall–Kier alpha value is -3.27. The first-order chi connectivity index (χ1) is 17.3. The molecule has 0 saturated carbocycles. The first kappa shape index (κ1) is 25.8. The van der Waals surface area contributed by atoms with Gasteiger partial charge in [0.1, 0.15) is 5.75 Å². The van der Waals surface area contributed by atoms with Crippen molar-refractivity contribution in [3.63, 3.8) is 0 Å². The molecular weight excluding hydrogens is 570 g/mol. The van der Waals surface area contributed by atoms with E-state index in [4.69, 9.17) is 25.8 Å². The Morgan fingerprint density at radius 1 is 1.06 bits per heavy atom. The number of imide groups is 1. The van der Waals surface area contributed by atoms with Crippen molar-refractivity contribution in [2.24, 2.45) is 0 Å². The van der Waals surface area contributed by atoms with Gasteiger partial charge in [0.05, 0.1) is 36.3 Å². The molecule has 0 atom stereocenters. The Morgan fingerprint density at radius 3 is 2.44 bits per heavy atom. The van der Waals surface area contributed by atoms with E-state index in [1.165, 1.54) is 25.2 Å². The fourth-order valence-corrected chi connectivity index (χ4v) is 4.89.